The molecule has 0 unspecified atom stereocenters. The quantitative estimate of drug-likeness (QED) is 0.723. The molecule has 0 fully saturated rings. The summed E-state index contributed by atoms with van der Waals surface area (Å²) in [6.45, 7) is 5.20. The van der Waals surface area contributed by atoms with E-state index in [9.17, 15) is 4.79 Å². The molecule has 2 N–H and O–H groups in total. The van der Waals surface area contributed by atoms with Gasteiger partial charge in [0.25, 0.3) is 0 Å². The number of ether oxygens (including phenoxy) is 1. The molecule has 5 heteroatoms. The standard InChI is InChI=1S/C15H23ClN2O2/c1-4-5-6-7-17-10-15(19)18-13-8-11(2)12(16)9-14(13)20-3/h8-9,17H,4-7,10H2,1-3H3,(H,18,19). The van der Waals surface area contributed by atoms with Crippen molar-refractivity contribution >= 4 is 23.2 Å². The zero-order valence-electron chi connectivity index (χ0n) is 12.4. The molecule has 0 bridgehead atoms. The monoisotopic (exact) mass is 298 g/mol. The number of methoxy groups -OCH3 is 1. The number of anilines is 1. The SMILES string of the molecule is CCCCCNCC(=O)Nc1cc(C)c(Cl)cc1OC. The van der Waals surface area contributed by atoms with Crippen LogP contribution in [0.15, 0.2) is 12.1 Å². The highest BCUT2D eigenvalue weighted by Gasteiger charge is 2.09. The predicted octanol–water partition coefficient (Wildman–Crippen LogP) is 3.38. The van der Waals surface area contributed by atoms with Gasteiger partial charge in [0.1, 0.15) is 5.75 Å². The first-order valence-corrected chi connectivity index (χ1v) is 7.31. The van der Waals surface area contributed by atoms with Gasteiger partial charge in [0.15, 0.2) is 0 Å². The molecule has 0 aliphatic carbocycles. The van der Waals surface area contributed by atoms with Crippen LogP contribution in [0.25, 0.3) is 0 Å². The minimum absolute atomic E-state index is 0.0819. The van der Waals surface area contributed by atoms with Gasteiger partial charge in [-0.25, -0.2) is 0 Å². The summed E-state index contributed by atoms with van der Waals surface area (Å²) < 4.78 is 5.22. The summed E-state index contributed by atoms with van der Waals surface area (Å²) in [5, 5.41) is 6.58. The van der Waals surface area contributed by atoms with E-state index in [-0.39, 0.29) is 5.91 Å². The highest BCUT2D eigenvalue weighted by molar-refractivity contribution is 6.31. The van der Waals surface area contributed by atoms with Crippen LogP contribution in [0.4, 0.5) is 5.69 Å². The lowest BCUT2D eigenvalue weighted by molar-refractivity contribution is -0.115. The molecule has 0 radical (unpaired) electrons. The maximum Gasteiger partial charge on any atom is 0.238 e. The number of carbonyl (C=O) groups is 1. The van der Waals surface area contributed by atoms with Crippen LogP contribution < -0.4 is 15.4 Å². The summed E-state index contributed by atoms with van der Waals surface area (Å²) >= 11 is 6.03. The van der Waals surface area contributed by atoms with Crippen LogP contribution in [-0.4, -0.2) is 26.1 Å². The van der Waals surface area contributed by atoms with E-state index in [0.29, 0.717) is 23.0 Å². The molecular weight excluding hydrogens is 276 g/mol. The number of rotatable bonds is 8. The molecule has 0 aromatic heterocycles. The summed E-state index contributed by atoms with van der Waals surface area (Å²) in [4.78, 5) is 11.8. The third kappa shape index (κ3) is 5.39. The van der Waals surface area contributed by atoms with Crippen LogP contribution in [0.2, 0.25) is 5.02 Å². The van der Waals surface area contributed by atoms with Gasteiger partial charge in [0, 0.05) is 11.1 Å². The first-order valence-electron chi connectivity index (χ1n) is 6.93. The molecule has 0 spiro atoms. The number of hydrogen-bond acceptors (Lipinski definition) is 3. The molecule has 0 heterocycles. The lowest BCUT2D eigenvalue weighted by Gasteiger charge is -2.12. The van der Waals surface area contributed by atoms with E-state index >= 15 is 0 Å². The Morgan fingerprint density at radius 3 is 2.75 bits per heavy atom. The van der Waals surface area contributed by atoms with Crippen molar-refractivity contribution in [2.45, 2.75) is 33.1 Å². The molecule has 4 nitrogen and oxygen atoms in total. The fourth-order valence-electron chi connectivity index (χ4n) is 1.83. The molecular formula is C15H23ClN2O2. The van der Waals surface area contributed by atoms with Crippen LogP contribution in [0.1, 0.15) is 31.7 Å². The number of carbonyl (C=O) groups excluding carboxylic acids is 1. The summed E-state index contributed by atoms with van der Waals surface area (Å²) in [7, 11) is 1.56. The molecule has 0 atom stereocenters. The largest absolute Gasteiger partial charge is 0.495 e. The number of nitrogens with one attached hydrogen (secondary N) is 2. The van der Waals surface area contributed by atoms with E-state index < -0.39 is 0 Å². The average Bonchev–Trinajstić information content (AvgIpc) is 2.42. The first kappa shape index (κ1) is 16.8. The van der Waals surface area contributed by atoms with E-state index in [4.69, 9.17) is 16.3 Å². The van der Waals surface area contributed by atoms with Crippen LogP contribution >= 0.6 is 11.6 Å². The summed E-state index contributed by atoms with van der Waals surface area (Å²) in [5.41, 5.74) is 1.55. The Labute approximate surface area is 125 Å². The van der Waals surface area contributed by atoms with Crippen LogP contribution in [0.5, 0.6) is 5.75 Å². The second kappa shape index (κ2) is 8.82. The van der Waals surface area contributed by atoms with E-state index in [1.807, 2.05) is 13.0 Å². The number of unbranched alkanes of at least 4 members (excludes halogenated alkanes) is 2. The number of hydrogen-bond donors (Lipinski definition) is 2. The molecule has 20 heavy (non-hydrogen) atoms. The highest BCUT2D eigenvalue weighted by Crippen LogP contribution is 2.30. The van der Waals surface area contributed by atoms with Crippen molar-refractivity contribution in [3.63, 3.8) is 0 Å². The van der Waals surface area contributed by atoms with Gasteiger partial charge in [-0.3, -0.25) is 4.79 Å². The minimum atomic E-state index is -0.0819. The fraction of sp³-hybridized carbons (Fsp3) is 0.533. The Bertz CT molecular complexity index is 450. The summed E-state index contributed by atoms with van der Waals surface area (Å²) in [6, 6.07) is 3.53. The Morgan fingerprint density at radius 2 is 2.10 bits per heavy atom. The maximum absolute atomic E-state index is 11.8. The van der Waals surface area contributed by atoms with E-state index in [0.717, 1.165) is 18.5 Å². The predicted molar refractivity (Wildman–Crippen MR) is 83.8 cm³/mol. The van der Waals surface area contributed by atoms with Gasteiger partial charge in [-0.05, 0) is 31.5 Å². The maximum atomic E-state index is 11.8. The Hall–Kier alpha value is -1.26. The normalized spacial score (nSPS) is 10.4. The molecule has 1 rings (SSSR count). The van der Waals surface area contributed by atoms with Crippen molar-refractivity contribution in [2.24, 2.45) is 0 Å². The van der Waals surface area contributed by atoms with Gasteiger partial charge in [0.05, 0.1) is 19.3 Å². The lowest BCUT2D eigenvalue weighted by atomic mass is 10.2. The van der Waals surface area contributed by atoms with Crippen molar-refractivity contribution < 1.29 is 9.53 Å². The van der Waals surface area contributed by atoms with Crippen LogP contribution in [0.3, 0.4) is 0 Å². The zero-order valence-corrected chi connectivity index (χ0v) is 13.1. The third-order valence-corrected chi connectivity index (χ3v) is 3.40. The Balaban J connectivity index is 2.51. The van der Waals surface area contributed by atoms with Gasteiger partial charge in [-0.2, -0.15) is 0 Å². The molecule has 0 saturated heterocycles. The second-order valence-corrected chi connectivity index (χ2v) is 5.14. The molecule has 0 aliphatic heterocycles. The Morgan fingerprint density at radius 1 is 1.35 bits per heavy atom. The average molecular weight is 299 g/mol. The number of amides is 1. The molecule has 1 aromatic carbocycles. The van der Waals surface area contributed by atoms with Gasteiger partial charge in [-0.15, -0.1) is 0 Å². The fourth-order valence-corrected chi connectivity index (χ4v) is 1.98. The van der Waals surface area contributed by atoms with Crippen molar-refractivity contribution in [3.05, 3.63) is 22.7 Å². The van der Waals surface area contributed by atoms with Gasteiger partial charge >= 0.3 is 0 Å². The van der Waals surface area contributed by atoms with Gasteiger partial charge < -0.3 is 15.4 Å². The van der Waals surface area contributed by atoms with Gasteiger partial charge in [-0.1, -0.05) is 31.4 Å². The second-order valence-electron chi connectivity index (χ2n) is 4.73. The number of benzene rings is 1. The number of halogens is 1. The van der Waals surface area contributed by atoms with Crippen molar-refractivity contribution in [1.29, 1.82) is 0 Å². The topological polar surface area (TPSA) is 50.4 Å². The first-order chi connectivity index (χ1) is 9.58. The summed E-state index contributed by atoms with van der Waals surface area (Å²) in [5.74, 6) is 0.487. The molecule has 1 amide bonds. The van der Waals surface area contributed by atoms with E-state index in [2.05, 4.69) is 17.6 Å². The smallest absolute Gasteiger partial charge is 0.238 e. The van der Waals surface area contributed by atoms with Gasteiger partial charge in [0.2, 0.25) is 5.91 Å². The van der Waals surface area contributed by atoms with Crippen LogP contribution in [0, 0.1) is 6.92 Å². The number of aryl methyl sites for hydroxylation is 1. The lowest BCUT2D eigenvalue weighted by Crippen LogP contribution is -2.28. The molecule has 0 saturated carbocycles. The minimum Gasteiger partial charge on any atom is -0.495 e. The zero-order chi connectivity index (χ0) is 15.0. The van der Waals surface area contributed by atoms with Crippen molar-refractivity contribution in [1.82, 2.24) is 5.32 Å². The molecule has 0 aliphatic rings. The molecule has 112 valence electrons. The Kier molecular flexibility index (Phi) is 7.41. The highest BCUT2D eigenvalue weighted by atomic mass is 35.5. The molecule has 1 aromatic rings. The van der Waals surface area contributed by atoms with Crippen molar-refractivity contribution in [3.8, 4) is 5.75 Å². The third-order valence-electron chi connectivity index (χ3n) is 3.00. The summed E-state index contributed by atoms with van der Waals surface area (Å²) in [6.07, 6.45) is 3.45. The van der Waals surface area contributed by atoms with Crippen molar-refractivity contribution in [2.75, 3.05) is 25.5 Å². The van der Waals surface area contributed by atoms with Crippen LogP contribution in [-0.2, 0) is 4.79 Å². The van der Waals surface area contributed by atoms with E-state index in [1.165, 1.54) is 12.8 Å². The van der Waals surface area contributed by atoms with E-state index in [1.54, 1.807) is 13.2 Å².